The number of aryl methyl sites for hydroxylation is 6. The third-order valence-electron chi connectivity index (χ3n) is 15.3. The maximum absolute atomic E-state index is 6.25. The first kappa shape index (κ1) is 62.8. The summed E-state index contributed by atoms with van der Waals surface area (Å²) in [4.78, 5) is 31.2. The van der Waals surface area contributed by atoms with Crippen molar-refractivity contribution in [1.82, 2.24) is 39.9 Å². The minimum absolute atomic E-state index is 0.435. The topological polar surface area (TPSA) is 246 Å². The lowest BCUT2D eigenvalue weighted by atomic mass is 9.88. The number of imidazole rings is 4. The quantitative estimate of drug-likeness (QED) is 0.0753. The summed E-state index contributed by atoms with van der Waals surface area (Å²) in [5.74, 6) is 4.18. The van der Waals surface area contributed by atoms with Crippen LogP contribution in [0.3, 0.4) is 0 Å². The summed E-state index contributed by atoms with van der Waals surface area (Å²) >= 11 is 24.5. The Labute approximate surface area is 537 Å². The van der Waals surface area contributed by atoms with Gasteiger partial charge in [-0.2, -0.15) is 0 Å². The number of ether oxygens (including phenoxy) is 3. The Morgan fingerprint density at radius 2 is 0.885 bits per heavy atom. The summed E-state index contributed by atoms with van der Waals surface area (Å²) in [5.41, 5.74) is 46.8. The molecule has 0 bridgehead atoms. The van der Waals surface area contributed by atoms with Crippen molar-refractivity contribution in [2.75, 3.05) is 62.6 Å². The van der Waals surface area contributed by atoms with Gasteiger partial charge in [0.25, 0.3) is 0 Å². The molecule has 3 aliphatic heterocycles. The van der Waals surface area contributed by atoms with Crippen LogP contribution in [0.5, 0.6) is 0 Å². The second-order valence-corrected chi connectivity index (χ2v) is 24.9. The Morgan fingerprint density at radius 3 is 1.39 bits per heavy atom. The minimum atomic E-state index is 0.435. The second kappa shape index (κ2) is 27.9. The van der Waals surface area contributed by atoms with E-state index in [0.29, 0.717) is 45.6 Å². The number of anilines is 4. The first-order valence-corrected chi connectivity index (χ1v) is 31.3. The highest BCUT2D eigenvalue weighted by Gasteiger charge is 2.21. The summed E-state index contributed by atoms with van der Waals surface area (Å²) in [6, 6.07) is 32.4. The lowest BCUT2D eigenvalue weighted by Crippen LogP contribution is -2.14. The molecule has 0 radical (unpaired) electrons. The molecule has 87 heavy (non-hydrogen) atoms. The third-order valence-corrected chi connectivity index (χ3v) is 17.1. The van der Waals surface area contributed by atoms with Gasteiger partial charge >= 0.3 is 0 Å². The van der Waals surface area contributed by atoms with E-state index in [1.807, 2.05) is 64.1 Å². The van der Waals surface area contributed by atoms with Gasteiger partial charge in [0.1, 0.15) is 34.3 Å². The van der Waals surface area contributed by atoms with Crippen molar-refractivity contribution in [2.24, 2.45) is 0 Å². The molecule has 7 heterocycles. The molecule has 11 aromatic rings. The smallest absolute Gasteiger partial charge is 0.107 e. The molecule has 14 rings (SSSR count). The number of aromatic nitrogens is 8. The average Bonchev–Trinajstić information content (AvgIpc) is 2.42. The Kier molecular flexibility index (Phi) is 20.1. The standard InChI is InChI=1S/C20H23N3O.C20H21N3O.C13H13ClN2O.C8H6BrClN2.C6H6BrClN2/c2*1-12-3-4-16(21)11-17(12)18-9-15(14-5-7-24-8-6-14)10-19-20(18)23-13(2)22-19;1-8-15-12-7-10(6-11(14)13(12)16-8)9-2-4-17-5-3-9;1-4-11-7-3-5(9)2-6(10)8(7)12-4;7-3-1-4(8)6(10)5(9)2-3/h3-4,9-11,14H,5-8,21H2,1-2H3,(H,22,23);3-5,9-11H,6-8,21H2,1-2H3,(H,22,23);2,6-7H,3-5H2,1H3,(H,15,16);2-3H,1H3,(H,11,12);1-2H,9-10H2. The van der Waals surface area contributed by atoms with Gasteiger partial charge in [-0.25, -0.2) is 19.9 Å². The van der Waals surface area contributed by atoms with E-state index in [0.717, 1.165) is 157 Å². The highest BCUT2D eigenvalue weighted by molar-refractivity contribution is 9.10. The van der Waals surface area contributed by atoms with E-state index in [2.05, 4.69) is 136 Å². The maximum Gasteiger partial charge on any atom is 0.107 e. The van der Waals surface area contributed by atoms with Gasteiger partial charge in [-0.15, -0.1) is 0 Å². The number of rotatable bonds is 5. The van der Waals surface area contributed by atoms with Crippen LogP contribution in [0, 0.1) is 41.5 Å². The fourth-order valence-corrected chi connectivity index (χ4v) is 12.9. The number of nitrogens with two attached hydrogens (primary N) is 4. The molecule has 3 aliphatic rings. The monoisotopic (exact) mass is 1350 g/mol. The van der Waals surface area contributed by atoms with Crippen molar-refractivity contribution >= 4 is 145 Å². The molecule has 1 saturated heterocycles. The zero-order chi connectivity index (χ0) is 61.6. The van der Waals surface area contributed by atoms with E-state index in [1.54, 1.807) is 12.1 Å². The number of nitrogens with one attached hydrogen (secondary N) is 4. The molecule has 4 aromatic heterocycles. The number of hydrogen-bond donors (Lipinski definition) is 8. The summed E-state index contributed by atoms with van der Waals surface area (Å²) in [6.07, 6.45) is 8.32. The molecular weight excluding hydrogens is 1290 g/mol. The predicted octanol–water partition coefficient (Wildman–Crippen LogP) is 17.4. The number of halogens is 5. The second-order valence-electron chi connectivity index (χ2n) is 21.8. The summed E-state index contributed by atoms with van der Waals surface area (Å²) in [5, 5.41) is 1.85. The van der Waals surface area contributed by atoms with E-state index in [4.69, 9.17) is 81.9 Å². The predicted molar refractivity (Wildman–Crippen MR) is 368 cm³/mol. The summed E-state index contributed by atoms with van der Waals surface area (Å²) in [7, 11) is 0. The summed E-state index contributed by atoms with van der Waals surface area (Å²) in [6.45, 7) is 16.7. The molecule has 0 saturated carbocycles. The van der Waals surface area contributed by atoms with Gasteiger partial charge in [0.2, 0.25) is 0 Å². The largest absolute Gasteiger partial charge is 0.399 e. The number of H-pyrrole nitrogens is 4. The van der Waals surface area contributed by atoms with Crippen molar-refractivity contribution in [3.63, 3.8) is 0 Å². The molecule has 12 N–H and O–H groups in total. The van der Waals surface area contributed by atoms with E-state index in [9.17, 15) is 0 Å². The lowest BCUT2D eigenvalue weighted by Gasteiger charge is -2.23. The average molecular weight is 1360 g/mol. The molecule has 0 spiro atoms. The Morgan fingerprint density at radius 1 is 0.448 bits per heavy atom. The van der Waals surface area contributed by atoms with Gasteiger partial charge in [-0.05, 0) is 208 Å². The molecule has 450 valence electrons. The van der Waals surface area contributed by atoms with E-state index >= 15 is 0 Å². The highest BCUT2D eigenvalue weighted by atomic mass is 79.9. The van der Waals surface area contributed by atoms with Crippen LogP contribution in [0.15, 0.2) is 118 Å². The molecule has 20 heteroatoms. The third kappa shape index (κ3) is 15.2. The van der Waals surface area contributed by atoms with Crippen LogP contribution >= 0.6 is 66.7 Å². The van der Waals surface area contributed by atoms with Crippen molar-refractivity contribution in [2.45, 2.75) is 73.1 Å². The van der Waals surface area contributed by atoms with Crippen LogP contribution in [0.25, 0.3) is 77.5 Å². The number of fused-ring (bicyclic) bond motifs is 4. The molecule has 0 unspecified atom stereocenters. The zero-order valence-electron chi connectivity index (χ0n) is 49.3. The van der Waals surface area contributed by atoms with E-state index in [-0.39, 0.29) is 0 Å². The number of nitrogen functional groups attached to an aromatic ring is 4. The van der Waals surface area contributed by atoms with Gasteiger partial charge < -0.3 is 57.1 Å². The van der Waals surface area contributed by atoms with Crippen LogP contribution in [0.2, 0.25) is 15.1 Å². The van der Waals surface area contributed by atoms with Gasteiger partial charge in [0.05, 0.1) is 86.0 Å². The summed E-state index contributed by atoms with van der Waals surface area (Å²) < 4.78 is 18.1. The molecule has 0 atom stereocenters. The lowest BCUT2D eigenvalue weighted by molar-refractivity contribution is 0.0853. The van der Waals surface area contributed by atoms with Crippen LogP contribution < -0.4 is 22.9 Å². The van der Waals surface area contributed by atoms with Crippen LogP contribution in [0.1, 0.15) is 82.7 Å². The number of benzene rings is 7. The zero-order valence-corrected chi connectivity index (χ0v) is 54.7. The van der Waals surface area contributed by atoms with Crippen molar-refractivity contribution in [3.05, 3.63) is 184 Å². The van der Waals surface area contributed by atoms with E-state index in [1.165, 1.54) is 44.5 Å². The Hall–Kier alpha value is -7.19. The normalized spacial score (nSPS) is 14.3. The first-order valence-electron chi connectivity index (χ1n) is 28.6. The molecular formula is C67H69Br2Cl3N12O3. The van der Waals surface area contributed by atoms with Crippen LogP contribution in [0.4, 0.5) is 22.7 Å². The number of nitrogens with zero attached hydrogens (tertiary/aromatic N) is 4. The van der Waals surface area contributed by atoms with Gasteiger partial charge in [0, 0.05) is 44.7 Å². The van der Waals surface area contributed by atoms with Crippen molar-refractivity contribution in [3.8, 4) is 22.3 Å². The Balaban J connectivity index is 0.000000125. The van der Waals surface area contributed by atoms with Crippen LogP contribution in [-0.2, 0) is 14.2 Å². The molecule has 0 amide bonds. The minimum Gasteiger partial charge on any atom is -0.399 e. The SMILES string of the molecule is Cc1nc2c(-c3cc(N)ccc3C)cc(C3=CCOCC3)cc2[nH]1.Cc1nc2c(-c3cc(N)ccc3C)cc(C3CCOCC3)cc2[nH]1.Cc1nc2c(Cl)cc(Br)cc2[nH]1.Cc1nc2c(Cl)cc(C3=CCOCC3)cc2[nH]1.Nc1cc(Br)cc(Cl)c1N. The Bertz CT molecular complexity index is 4370. The number of aromatic amines is 4. The van der Waals surface area contributed by atoms with Crippen molar-refractivity contribution in [1.29, 1.82) is 0 Å². The van der Waals surface area contributed by atoms with E-state index < -0.39 is 0 Å². The fraction of sp³-hybridized carbons (Fsp3) is 0.254. The van der Waals surface area contributed by atoms with Crippen LogP contribution in [-0.4, -0.2) is 79.5 Å². The molecule has 0 aliphatic carbocycles. The molecule has 7 aromatic carbocycles. The molecule has 1 fully saturated rings. The number of hydrogen-bond acceptors (Lipinski definition) is 11. The van der Waals surface area contributed by atoms with Gasteiger partial charge in [-0.3, -0.25) is 0 Å². The van der Waals surface area contributed by atoms with Gasteiger partial charge in [-0.1, -0.05) is 90.9 Å². The molecule has 15 nitrogen and oxygen atoms in total. The highest BCUT2D eigenvalue weighted by Crippen LogP contribution is 2.39. The van der Waals surface area contributed by atoms with Crippen molar-refractivity contribution < 1.29 is 14.2 Å². The maximum atomic E-state index is 6.25. The first-order chi connectivity index (χ1) is 41.7. The fourth-order valence-electron chi connectivity index (χ4n) is 11.0. The van der Waals surface area contributed by atoms with Gasteiger partial charge in [0.15, 0.2) is 0 Å².